The van der Waals surface area contributed by atoms with E-state index in [0.29, 0.717) is 12.8 Å². The molecule has 2 fully saturated rings. The van der Waals surface area contributed by atoms with E-state index in [1.165, 1.54) is 0 Å². The quantitative estimate of drug-likeness (QED) is 0.293. The smallest absolute Gasteiger partial charge is 0.407 e. The van der Waals surface area contributed by atoms with Gasteiger partial charge in [-0.1, -0.05) is 40.6 Å². The number of benzene rings is 1. The number of aliphatic hydroxyl groups excluding tert-OH is 2. The average Bonchev–Trinajstić information content (AvgIpc) is 2.84. The van der Waals surface area contributed by atoms with Crippen LogP contribution in [-0.4, -0.2) is 65.1 Å². The van der Waals surface area contributed by atoms with E-state index in [0.717, 1.165) is 12.0 Å². The molecule has 0 radical (unpaired) electrons. The molecule has 1 saturated heterocycles. The van der Waals surface area contributed by atoms with Crippen molar-refractivity contribution in [3.8, 4) is 0 Å². The zero-order chi connectivity index (χ0) is 24.5. The number of rotatable bonds is 8. The molecule has 0 unspecified atom stereocenters. The number of hydrogen-bond donors (Lipinski definition) is 3. The Labute approximate surface area is 196 Å². The molecule has 1 heterocycles. The highest BCUT2D eigenvalue weighted by molar-refractivity contribution is 5.67. The Morgan fingerprint density at radius 1 is 1.18 bits per heavy atom. The van der Waals surface area contributed by atoms with Crippen LogP contribution >= 0.6 is 0 Å². The number of nitrogens with zero attached hydrogens (tertiary/aromatic N) is 6. The van der Waals surface area contributed by atoms with Gasteiger partial charge in [0.25, 0.3) is 0 Å². The van der Waals surface area contributed by atoms with E-state index < -0.39 is 42.8 Å². The fraction of sp³-hybridized carbons (Fsp3) is 0.667. The van der Waals surface area contributed by atoms with E-state index in [4.69, 9.17) is 25.3 Å². The lowest BCUT2D eigenvalue weighted by Crippen LogP contribution is -2.57. The molecule has 34 heavy (non-hydrogen) atoms. The maximum Gasteiger partial charge on any atom is 0.407 e. The fourth-order valence-corrected chi connectivity index (χ4v) is 4.21. The van der Waals surface area contributed by atoms with Crippen LogP contribution in [0.15, 0.2) is 40.6 Å². The molecule has 1 aliphatic heterocycles. The minimum atomic E-state index is -1.44. The predicted octanol–water partition coefficient (Wildman–Crippen LogP) is 3.07. The molecule has 13 heteroatoms. The van der Waals surface area contributed by atoms with Gasteiger partial charge in [0.05, 0.1) is 36.4 Å². The van der Waals surface area contributed by atoms with Gasteiger partial charge < -0.3 is 29.7 Å². The second-order valence-electron chi connectivity index (χ2n) is 8.39. The molecule has 3 N–H and O–H groups in total. The van der Waals surface area contributed by atoms with Gasteiger partial charge in [-0.05, 0) is 49.2 Å². The standard InChI is InChI=1S/C21H29N7O6/c1-12(24-21(31)32-11-13-6-3-2-4-7-13)16-8-5-9-17(33-16)34-20-15(26-28-23)10-14(25-27-22)18(29)19(20)30/h2-4,6-7,12,14-20,29-30H,5,8-11H2,1H3,(H,24,31)/t12-,14-,15+,16+,17-,18+,19-,20-/m1/s1. The number of azide groups is 2. The number of amides is 1. The summed E-state index contributed by atoms with van der Waals surface area (Å²) >= 11 is 0. The van der Waals surface area contributed by atoms with Crippen molar-refractivity contribution in [2.45, 2.75) is 88.0 Å². The van der Waals surface area contributed by atoms with Crippen molar-refractivity contribution in [3.05, 3.63) is 56.8 Å². The summed E-state index contributed by atoms with van der Waals surface area (Å²) in [5.41, 5.74) is 18.4. The van der Waals surface area contributed by atoms with Gasteiger partial charge in [0.2, 0.25) is 0 Å². The molecule has 1 amide bonds. The van der Waals surface area contributed by atoms with Crippen LogP contribution in [0.1, 0.15) is 38.2 Å². The number of aliphatic hydroxyl groups is 2. The molecule has 0 bridgehead atoms. The number of alkyl carbamates (subject to hydrolysis) is 1. The zero-order valence-electron chi connectivity index (χ0n) is 18.8. The molecule has 1 aromatic rings. The molecule has 13 nitrogen and oxygen atoms in total. The average molecular weight is 476 g/mol. The third-order valence-electron chi connectivity index (χ3n) is 6.02. The third kappa shape index (κ3) is 6.73. The van der Waals surface area contributed by atoms with Crippen molar-refractivity contribution < 1.29 is 29.2 Å². The molecule has 0 aromatic heterocycles. The summed E-state index contributed by atoms with van der Waals surface area (Å²) in [7, 11) is 0. The van der Waals surface area contributed by atoms with Gasteiger partial charge >= 0.3 is 6.09 Å². The highest BCUT2D eigenvalue weighted by Crippen LogP contribution is 2.31. The van der Waals surface area contributed by atoms with E-state index in [9.17, 15) is 15.0 Å². The molecule has 1 aromatic carbocycles. The van der Waals surface area contributed by atoms with Gasteiger partial charge in [-0.15, -0.1) is 0 Å². The Kier molecular flexibility index (Phi) is 9.34. The van der Waals surface area contributed by atoms with Gasteiger partial charge in [0.1, 0.15) is 12.7 Å². The van der Waals surface area contributed by atoms with Crippen molar-refractivity contribution in [2.75, 3.05) is 0 Å². The first kappa shape index (κ1) is 25.6. The first-order valence-corrected chi connectivity index (χ1v) is 11.2. The Balaban J connectivity index is 1.55. The first-order chi connectivity index (χ1) is 16.4. The summed E-state index contributed by atoms with van der Waals surface area (Å²) in [5.74, 6) is 0. The Bertz CT molecular complexity index is 908. The van der Waals surface area contributed by atoms with Crippen molar-refractivity contribution in [3.63, 3.8) is 0 Å². The maximum absolute atomic E-state index is 12.2. The molecule has 3 rings (SSSR count). The zero-order valence-corrected chi connectivity index (χ0v) is 18.8. The molecular formula is C21H29N7O6. The highest BCUT2D eigenvalue weighted by atomic mass is 16.7. The third-order valence-corrected chi connectivity index (χ3v) is 6.02. The number of carbonyl (C=O) groups is 1. The Hall–Kier alpha value is -3.05. The minimum absolute atomic E-state index is 0.0262. The largest absolute Gasteiger partial charge is 0.445 e. The van der Waals surface area contributed by atoms with E-state index in [1.807, 2.05) is 30.3 Å². The van der Waals surface area contributed by atoms with Gasteiger partial charge in [0, 0.05) is 9.82 Å². The highest BCUT2D eigenvalue weighted by Gasteiger charge is 2.45. The molecule has 8 atom stereocenters. The molecule has 1 aliphatic carbocycles. The van der Waals surface area contributed by atoms with Crippen LogP contribution in [0.25, 0.3) is 20.9 Å². The van der Waals surface area contributed by atoms with Crippen LogP contribution in [0.5, 0.6) is 0 Å². The first-order valence-electron chi connectivity index (χ1n) is 11.2. The Morgan fingerprint density at radius 3 is 2.59 bits per heavy atom. The van der Waals surface area contributed by atoms with E-state index in [2.05, 4.69) is 25.4 Å². The molecular weight excluding hydrogens is 446 g/mol. The van der Waals surface area contributed by atoms with Crippen molar-refractivity contribution >= 4 is 6.09 Å². The summed E-state index contributed by atoms with van der Waals surface area (Å²) in [5, 5.41) is 30.7. The lowest BCUT2D eigenvalue weighted by Gasteiger charge is -2.42. The summed E-state index contributed by atoms with van der Waals surface area (Å²) in [4.78, 5) is 17.6. The van der Waals surface area contributed by atoms with Crippen LogP contribution in [0.4, 0.5) is 4.79 Å². The van der Waals surface area contributed by atoms with Crippen molar-refractivity contribution in [1.82, 2.24) is 5.32 Å². The van der Waals surface area contributed by atoms with Crippen LogP contribution in [-0.2, 0) is 20.8 Å². The molecule has 1 saturated carbocycles. The molecule has 0 spiro atoms. The van der Waals surface area contributed by atoms with Crippen LogP contribution in [0, 0.1) is 0 Å². The summed E-state index contributed by atoms with van der Waals surface area (Å²) in [6, 6.07) is 7.15. The van der Waals surface area contributed by atoms with Crippen LogP contribution < -0.4 is 5.32 Å². The second kappa shape index (κ2) is 12.4. The fourth-order valence-electron chi connectivity index (χ4n) is 4.21. The lowest BCUT2D eigenvalue weighted by atomic mass is 9.84. The van der Waals surface area contributed by atoms with Crippen LogP contribution in [0.3, 0.4) is 0 Å². The predicted molar refractivity (Wildman–Crippen MR) is 119 cm³/mol. The van der Waals surface area contributed by atoms with Gasteiger partial charge in [0.15, 0.2) is 6.29 Å². The van der Waals surface area contributed by atoms with E-state index in [1.54, 1.807) is 6.92 Å². The monoisotopic (exact) mass is 475 g/mol. The summed E-state index contributed by atoms with van der Waals surface area (Å²) < 4.78 is 17.2. The summed E-state index contributed by atoms with van der Waals surface area (Å²) in [6.07, 6.45) is -3.58. The number of carbonyl (C=O) groups excluding carboxylic acids is 1. The SMILES string of the molecule is C[C@@H](NC(=O)OCc1ccccc1)[C@@H]1CCC[C@@H](O[C@H]2[C@H](O)[C@@H](O)[C@H](N=[N+]=[N-])C[C@@H]2N=[N+]=[N-])O1. The minimum Gasteiger partial charge on any atom is -0.445 e. The Morgan fingerprint density at radius 2 is 1.88 bits per heavy atom. The molecule has 184 valence electrons. The topological polar surface area (TPSA) is 195 Å². The second-order valence-corrected chi connectivity index (χ2v) is 8.39. The van der Waals surface area contributed by atoms with Gasteiger partial charge in [-0.3, -0.25) is 0 Å². The lowest BCUT2D eigenvalue weighted by molar-refractivity contribution is -0.250. The maximum atomic E-state index is 12.2. The van der Waals surface area contributed by atoms with E-state index in [-0.39, 0.29) is 25.2 Å². The normalized spacial score (nSPS) is 31.9. The number of ether oxygens (including phenoxy) is 3. The summed E-state index contributed by atoms with van der Waals surface area (Å²) in [6.45, 7) is 1.94. The molecule has 2 aliphatic rings. The number of hydrogen-bond acceptors (Lipinski definition) is 8. The van der Waals surface area contributed by atoms with Gasteiger partial charge in [-0.2, -0.15) is 0 Å². The van der Waals surface area contributed by atoms with Crippen molar-refractivity contribution in [2.24, 2.45) is 10.2 Å². The number of nitrogens with one attached hydrogen (secondary N) is 1. The van der Waals surface area contributed by atoms with Crippen LogP contribution in [0.2, 0.25) is 0 Å². The van der Waals surface area contributed by atoms with Crippen molar-refractivity contribution in [1.29, 1.82) is 0 Å². The van der Waals surface area contributed by atoms with Gasteiger partial charge in [-0.25, -0.2) is 4.79 Å². The van der Waals surface area contributed by atoms with E-state index >= 15 is 0 Å².